The molecule has 6 heteroatoms. The molecule has 2 N–H and O–H groups in total. The van der Waals surface area contributed by atoms with E-state index in [-0.39, 0.29) is 0 Å². The molecule has 0 fully saturated rings. The summed E-state index contributed by atoms with van der Waals surface area (Å²) in [5.41, 5.74) is 0.701. The van der Waals surface area contributed by atoms with Gasteiger partial charge in [0.25, 0.3) is 0 Å². The molecule has 3 nitrogen and oxygen atoms in total. The van der Waals surface area contributed by atoms with Gasteiger partial charge in [-0.1, -0.05) is 6.92 Å². The minimum absolute atomic E-state index is 0.297. The number of hydrogen-bond donors (Lipinski definition) is 2. The van der Waals surface area contributed by atoms with Crippen LogP contribution in [0.15, 0.2) is 22.7 Å². The molecule has 1 unspecified atom stereocenters. The van der Waals surface area contributed by atoms with Gasteiger partial charge in [-0.25, -0.2) is 8.99 Å². The molecule has 0 amide bonds. The summed E-state index contributed by atoms with van der Waals surface area (Å²) in [4.78, 5) is 0. The lowest BCUT2D eigenvalue weighted by Gasteiger charge is -2.10. The van der Waals surface area contributed by atoms with Crippen LogP contribution in [0.1, 0.15) is 6.92 Å². The van der Waals surface area contributed by atoms with E-state index >= 15 is 0 Å². The molecule has 0 saturated heterocycles. The fraction of sp³-hybridized carbons (Fsp3) is 0.250. The van der Waals surface area contributed by atoms with Crippen LogP contribution in [0.2, 0.25) is 0 Å². The molecule has 0 bridgehead atoms. The smallest absolute Gasteiger partial charge is 0.126 e. The molecule has 1 atom stereocenters. The topological polar surface area (TPSA) is 53.0 Å². The van der Waals surface area contributed by atoms with Gasteiger partial charge in [0.1, 0.15) is 9.92 Å². The average Bonchev–Trinajstić information content (AvgIpc) is 2.10. The number of hydrogen-bond acceptors (Lipinski definition) is 2. The summed E-state index contributed by atoms with van der Waals surface area (Å²) >= 11 is 5.55. The van der Waals surface area contributed by atoms with Gasteiger partial charge in [0.05, 0.1) is 5.69 Å². The first-order valence-electron chi connectivity index (χ1n) is 3.94. The van der Waals surface area contributed by atoms with Gasteiger partial charge in [0.2, 0.25) is 0 Å². The van der Waals surface area contributed by atoms with Gasteiger partial charge in [-0.15, -0.1) is 0 Å². The van der Waals surface area contributed by atoms with Crippen LogP contribution >= 0.6 is 38.5 Å². The number of anilines is 1. The Morgan fingerprint density at radius 3 is 2.79 bits per heavy atom. The number of halogens is 2. The molecule has 78 valence electrons. The van der Waals surface area contributed by atoms with Crippen LogP contribution in [0.5, 0.6) is 0 Å². The van der Waals surface area contributed by atoms with Gasteiger partial charge < -0.3 is 0 Å². The molecule has 0 heterocycles. The lowest BCUT2D eigenvalue weighted by molar-refractivity contribution is 0.679. The van der Waals surface area contributed by atoms with Gasteiger partial charge in [0, 0.05) is 13.8 Å². The van der Waals surface area contributed by atoms with Crippen molar-refractivity contribution < 1.29 is 4.21 Å². The molecule has 1 rings (SSSR count). The van der Waals surface area contributed by atoms with E-state index in [4.69, 9.17) is 4.78 Å². The highest BCUT2D eigenvalue weighted by Crippen LogP contribution is 2.25. The molecule has 0 aliphatic rings. The SMILES string of the molecule is CCS(=N)(=O)Nc1ccc(I)cc1Br. The minimum Gasteiger partial charge on any atom is -0.298 e. The predicted molar refractivity (Wildman–Crippen MR) is 71.9 cm³/mol. The van der Waals surface area contributed by atoms with Crippen molar-refractivity contribution in [1.82, 2.24) is 0 Å². The van der Waals surface area contributed by atoms with E-state index in [0.29, 0.717) is 11.4 Å². The van der Waals surface area contributed by atoms with Crippen molar-refractivity contribution in [2.45, 2.75) is 6.92 Å². The molecule has 0 aromatic heterocycles. The Balaban J connectivity index is 2.99. The molecule has 0 spiro atoms. The van der Waals surface area contributed by atoms with E-state index in [1.807, 2.05) is 18.2 Å². The average molecular weight is 389 g/mol. The van der Waals surface area contributed by atoms with E-state index in [0.717, 1.165) is 8.04 Å². The van der Waals surface area contributed by atoms with E-state index in [2.05, 4.69) is 43.2 Å². The molecule has 0 aliphatic carbocycles. The van der Waals surface area contributed by atoms with Gasteiger partial charge in [0.15, 0.2) is 0 Å². The zero-order chi connectivity index (χ0) is 10.8. The normalized spacial score (nSPS) is 14.8. The largest absolute Gasteiger partial charge is 0.298 e. The number of benzene rings is 1. The van der Waals surface area contributed by atoms with Crippen molar-refractivity contribution in [2.24, 2.45) is 0 Å². The van der Waals surface area contributed by atoms with Crippen molar-refractivity contribution in [3.05, 3.63) is 26.2 Å². The Morgan fingerprint density at radius 1 is 1.64 bits per heavy atom. The van der Waals surface area contributed by atoms with Crippen molar-refractivity contribution in [3.63, 3.8) is 0 Å². The van der Waals surface area contributed by atoms with Crippen LogP contribution in [-0.4, -0.2) is 9.96 Å². The molecule has 0 saturated carbocycles. The van der Waals surface area contributed by atoms with Crippen LogP contribution in [0.25, 0.3) is 0 Å². The summed E-state index contributed by atoms with van der Waals surface area (Å²) in [7, 11) is -2.69. The minimum atomic E-state index is -2.69. The summed E-state index contributed by atoms with van der Waals surface area (Å²) in [6, 6.07) is 5.63. The summed E-state index contributed by atoms with van der Waals surface area (Å²) < 4.78 is 23.6. The van der Waals surface area contributed by atoms with Gasteiger partial charge >= 0.3 is 0 Å². The van der Waals surface area contributed by atoms with Crippen LogP contribution in [0, 0.1) is 8.35 Å². The standard InChI is InChI=1S/C8H10BrIN2OS/c1-2-14(11,13)12-8-4-3-6(10)5-7(8)9/h3-5H,2H2,1H3,(H2,11,12,13). The molecular formula is C8H10BrIN2OS. The molecule has 14 heavy (non-hydrogen) atoms. The summed E-state index contributed by atoms with van der Waals surface area (Å²) in [5.74, 6) is 0.297. The first kappa shape index (κ1) is 12.3. The lowest BCUT2D eigenvalue weighted by atomic mass is 10.3. The van der Waals surface area contributed by atoms with Crippen LogP contribution in [0.4, 0.5) is 5.69 Å². The Kier molecular flexibility index (Phi) is 4.20. The molecule has 0 radical (unpaired) electrons. The number of rotatable bonds is 3. The Bertz CT molecular complexity index is 433. The van der Waals surface area contributed by atoms with Crippen LogP contribution in [-0.2, 0) is 9.92 Å². The third-order valence-corrected chi connectivity index (χ3v) is 4.30. The zero-order valence-electron chi connectivity index (χ0n) is 7.51. The highest BCUT2D eigenvalue weighted by molar-refractivity contribution is 14.1. The van der Waals surface area contributed by atoms with E-state index in [9.17, 15) is 4.21 Å². The van der Waals surface area contributed by atoms with Crippen molar-refractivity contribution in [3.8, 4) is 0 Å². The summed E-state index contributed by atoms with van der Waals surface area (Å²) in [6.45, 7) is 1.73. The molecule has 0 aliphatic heterocycles. The third kappa shape index (κ3) is 3.39. The van der Waals surface area contributed by atoms with Crippen LogP contribution < -0.4 is 4.72 Å². The Morgan fingerprint density at radius 2 is 2.29 bits per heavy atom. The van der Waals surface area contributed by atoms with Crippen molar-refractivity contribution >= 4 is 54.1 Å². The summed E-state index contributed by atoms with van der Waals surface area (Å²) in [6.07, 6.45) is 0. The molecular weight excluding hydrogens is 379 g/mol. The van der Waals surface area contributed by atoms with E-state index in [1.54, 1.807) is 6.92 Å². The Hall–Kier alpha value is 0.180. The predicted octanol–water partition coefficient (Wildman–Crippen LogP) is 3.45. The fourth-order valence-corrected chi connectivity index (χ4v) is 3.03. The second-order valence-electron chi connectivity index (χ2n) is 2.69. The van der Waals surface area contributed by atoms with Crippen molar-refractivity contribution in [1.29, 1.82) is 4.78 Å². The second-order valence-corrected chi connectivity index (χ2v) is 6.92. The maximum atomic E-state index is 11.5. The second kappa shape index (κ2) is 4.80. The fourth-order valence-electron chi connectivity index (χ4n) is 0.822. The molecule has 1 aromatic rings. The number of nitrogens with one attached hydrogen (secondary N) is 2. The maximum absolute atomic E-state index is 11.5. The van der Waals surface area contributed by atoms with E-state index < -0.39 is 9.92 Å². The third-order valence-electron chi connectivity index (χ3n) is 1.61. The molecule has 1 aromatic carbocycles. The van der Waals surface area contributed by atoms with Gasteiger partial charge in [-0.05, 0) is 56.7 Å². The highest BCUT2D eigenvalue weighted by atomic mass is 127. The first-order valence-corrected chi connectivity index (χ1v) is 7.54. The maximum Gasteiger partial charge on any atom is 0.126 e. The zero-order valence-corrected chi connectivity index (χ0v) is 12.1. The summed E-state index contributed by atoms with van der Waals surface area (Å²) in [5, 5.41) is 0. The van der Waals surface area contributed by atoms with Crippen LogP contribution in [0.3, 0.4) is 0 Å². The van der Waals surface area contributed by atoms with Gasteiger partial charge in [-0.2, -0.15) is 0 Å². The van der Waals surface area contributed by atoms with Crippen molar-refractivity contribution in [2.75, 3.05) is 10.5 Å². The quantitative estimate of drug-likeness (QED) is 0.765. The van der Waals surface area contributed by atoms with Gasteiger partial charge in [-0.3, -0.25) is 4.72 Å². The Labute approximate surface area is 106 Å². The highest BCUT2D eigenvalue weighted by Gasteiger charge is 2.05. The first-order chi connectivity index (χ1) is 6.44. The monoisotopic (exact) mass is 388 g/mol. The lowest BCUT2D eigenvalue weighted by Crippen LogP contribution is -2.13. The van der Waals surface area contributed by atoms with E-state index in [1.165, 1.54) is 0 Å².